The first-order valence-corrected chi connectivity index (χ1v) is 11.0. The molecule has 8 atom stereocenters. The summed E-state index contributed by atoms with van der Waals surface area (Å²) in [7, 11) is 0. The van der Waals surface area contributed by atoms with Crippen molar-refractivity contribution in [1.29, 1.82) is 0 Å². The summed E-state index contributed by atoms with van der Waals surface area (Å²) in [6.07, 6.45) is 5.78. The highest BCUT2D eigenvalue weighted by Gasteiger charge is 2.69. The van der Waals surface area contributed by atoms with Gasteiger partial charge in [0, 0.05) is 30.2 Å². The summed E-state index contributed by atoms with van der Waals surface area (Å²) >= 11 is 3.47. The molecule has 5 fully saturated rings. The Morgan fingerprint density at radius 1 is 1.08 bits per heavy atom. The van der Waals surface area contributed by atoms with Crippen LogP contribution in [0.2, 0.25) is 0 Å². The minimum absolute atomic E-state index is 0.225. The predicted octanol–water partition coefficient (Wildman–Crippen LogP) is 4.39. The van der Waals surface area contributed by atoms with Gasteiger partial charge in [0.25, 0.3) is 0 Å². The van der Waals surface area contributed by atoms with Crippen molar-refractivity contribution in [3.63, 3.8) is 0 Å². The molecule has 4 saturated heterocycles. The number of hydrogen-bond acceptors (Lipinski definition) is 5. The molecule has 144 valence electrons. The highest BCUT2D eigenvalue weighted by molar-refractivity contribution is 9.09. The van der Waals surface area contributed by atoms with Crippen LogP contribution in [0.3, 0.4) is 0 Å². The van der Waals surface area contributed by atoms with Crippen LogP contribution >= 0.6 is 15.9 Å². The van der Waals surface area contributed by atoms with Crippen LogP contribution in [0, 0.1) is 23.7 Å². The van der Waals surface area contributed by atoms with Gasteiger partial charge < -0.3 is 14.2 Å². The van der Waals surface area contributed by atoms with Crippen LogP contribution < -0.4 is 0 Å². The molecule has 0 amide bonds. The second-order valence-corrected chi connectivity index (χ2v) is 9.33. The Morgan fingerprint density at radius 3 is 2.72 bits per heavy atom. The fraction of sp³-hybridized carbons (Fsp3) is 1.00. The summed E-state index contributed by atoms with van der Waals surface area (Å²) in [5.74, 6) is 0.913. The molecule has 25 heavy (non-hydrogen) atoms. The Kier molecular flexibility index (Phi) is 5.24. The van der Waals surface area contributed by atoms with Gasteiger partial charge in [-0.2, -0.15) is 0 Å². The normalized spacial score (nSPS) is 51.8. The molecule has 1 unspecified atom stereocenters. The zero-order chi connectivity index (χ0) is 17.7. The van der Waals surface area contributed by atoms with E-state index in [2.05, 4.69) is 29.8 Å². The summed E-state index contributed by atoms with van der Waals surface area (Å²) in [4.78, 5) is 12.0. The van der Waals surface area contributed by atoms with E-state index >= 15 is 0 Å². The van der Waals surface area contributed by atoms with Gasteiger partial charge in [-0.05, 0) is 50.9 Å². The van der Waals surface area contributed by atoms with Crippen molar-refractivity contribution in [1.82, 2.24) is 0 Å². The van der Waals surface area contributed by atoms with Gasteiger partial charge in [-0.25, -0.2) is 9.78 Å². The summed E-state index contributed by atoms with van der Waals surface area (Å²) in [5, 5.41) is 1.01. The van der Waals surface area contributed by atoms with Crippen molar-refractivity contribution in [2.45, 2.75) is 83.3 Å². The summed E-state index contributed by atoms with van der Waals surface area (Å²) in [5.41, 5.74) is -0.483. The molecule has 0 radical (unpaired) electrons. The Balaban J connectivity index is 1.58. The Morgan fingerprint density at radius 2 is 1.92 bits per heavy atom. The smallest absolute Gasteiger partial charge is 0.201 e. The topological polar surface area (TPSA) is 46.2 Å². The Labute approximate surface area is 159 Å². The van der Waals surface area contributed by atoms with Crippen molar-refractivity contribution in [2.24, 2.45) is 23.7 Å². The molecule has 4 aliphatic heterocycles. The molecular formula is C19H31BrO5. The van der Waals surface area contributed by atoms with E-state index in [1.807, 2.05) is 6.92 Å². The highest BCUT2D eigenvalue weighted by Crippen LogP contribution is 2.60. The molecular weight excluding hydrogens is 388 g/mol. The van der Waals surface area contributed by atoms with Crippen molar-refractivity contribution < 1.29 is 24.0 Å². The fourth-order valence-electron chi connectivity index (χ4n) is 5.46. The SMILES string of the molecule is C[C@H]1[C@@H](OCCCCBr)O[C@@H]2O[C@]3(C)CCC4[C@H](C)CC[C@@H]1[C@]42OO3. The molecule has 0 aromatic rings. The maximum absolute atomic E-state index is 6.38. The lowest BCUT2D eigenvalue weighted by Crippen LogP contribution is -2.70. The monoisotopic (exact) mass is 418 g/mol. The number of hydrogen-bond donors (Lipinski definition) is 0. The Hall–Kier alpha value is 0.280. The maximum atomic E-state index is 6.38. The average molecular weight is 419 g/mol. The van der Waals surface area contributed by atoms with Crippen molar-refractivity contribution >= 4 is 15.9 Å². The van der Waals surface area contributed by atoms with Crippen molar-refractivity contribution in [3.05, 3.63) is 0 Å². The van der Waals surface area contributed by atoms with Crippen LogP contribution in [0.15, 0.2) is 0 Å². The molecule has 1 spiro atoms. The van der Waals surface area contributed by atoms with Gasteiger partial charge in [0.05, 0.1) is 0 Å². The molecule has 0 N–H and O–H groups in total. The first-order valence-electron chi connectivity index (χ1n) is 9.88. The second-order valence-electron chi connectivity index (χ2n) is 8.54. The molecule has 5 rings (SSSR count). The third-order valence-corrected chi connectivity index (χ3v) is 7.47. The molecule has 0 aromatic carbocycles. The van der Waals surface area contributed by atoms with Gasteiger partial charge in [-0.1, -0.05) is 29.8 Å². The lowest BCUT2D eigenvalue weighted by atomic mass is 9.58. The van der Waals surface area contributed by atoms with Gasteiger partial charge in [0.2, 0.25) is 5.79 Å². The zero-order valence-electron chi connectivity index (χ0n) is 15.5. The van der Waals surface area contributed by atoms with Gasteiger partial charge >= 0.3 is 0 Å². The average Bonchev–Trinajstić information content (AvgIpc) is 2.82. The molecule has 5 aliphatic rings. The van der Waals surface area contributed by atoms with Gasteiger partial charge in [-0.3, -0.25) is 0 Å². The molecule has 6 heteroatoms. The summed E-state index contributed by atoms with van der Waals surface area (Å²) < 4.78 is 18.8. The van der Waals surface area contributed by atoms with Crippen LogP contribution in [0.25, 0.3) is 0 Å². The van der Waals surface area contributed by atoms with Crippen LogP contribution in [0.1, 0.15) is 59.3 Å². The molecule has 1 aliphatic carbocycles. The number of rotatable bonds is 5. The van der Waals surface area contributed by atoms with Crippen LogP contribution in [-0.2, 0) is 24.0 Å². The molecule has 0 aromatic heterocycles. The maximum Gasteiger partial charge on any atom is 0.201 e. The number of fused-ring (bicyclic) bond motifs is 2. The summed E-state index contributed by atoms with van der Waals surface area (Å²) in [6.45, 7) is 7.26. The minimum Gasteiger partial charge on any atom is -0.352 e. The van der Waals surface area contributed by atoms with Gasteiger partial charge in [0.1, 0.15) is 0 Å². The molecule has 4 heterocycles. The van der Waals surface area contributed by atoms with E-state index in [9.17, 15) is 0 Å². The van der Waals surface area contributed by atoms with E-state index in [0.29, 0.717) is 17.8 Å². The standard InChI is InChI=1S/C19H31BrO5/c1-12-6-7-15-13(2)16(21-11-5-4-10-20)22-17-19(15)14(12)8-9-18(3,23-17)24-25-19/h12-17H,4-11H2,1-3H3/t12-,13-,14?,15+,16+,17-,18+,19-/m1/s1. The quantitative estimate of drug-likeness (QED) is 0.376. The van der Waals surface area contributed by atoms with Crippen LogP contribution in [0.5, 0.6) is 0 Å². The van der Waals surface area contributed by atoms with Crippen LogP contribution in [0.4, 0.5) is 0 Å². The molecule has 1 saturated carbocycles. The predicted molar refractivity (Wildman–Crippen MR) is 95.8 cm³/mol. The minimum atomic E-state index is -0.710. The number of unbranched alkanes of at least 4 members (excludes halogenated alkanes) is 1. The third-order valence-electron chi connectivity index (χ3n) is 6.91. The van der Waals surface area contributed by atoms with E-state index in [1.54, 1.807) is 0 Å². The molecule has 2 bridgehead atoms. The third kappa shape index (κ3) is 3.01. The zero-order valence-corrected chi connectivity index (χ0v) is 17.1. The number of halogens is 1. The van der Waals surface area contributed by atoms with Gasteiger partial charge in [-0.15, -0.1) is 0 Å². The summed E-state index contributed by atoms with van der Waals surface area (Å²) in [6, 6.07) is 0. The van der Waals surface area contributed by atoms with Crippen LogP contribution in [-0.4, -0.2) is 35.9 Å². The van der Waals surface area contributed by atoms with E-state index in [0.717, 1.165) is 44.0 Å². The Bertz CT molecular complexity index is 490. The number of alkyl halides is 1. The second kappa shape index (κ2) is 7.02. The number of ether oxygens (including phenoxy) is 3. The fourth-order valence-corrected chi connectivity index (χ4v) is 5.86. The van der Waals surface area contributed by atoms with E-state index in [4.69, 9.17) is 24.0 Å². The lowest BCUT2D eigenvalue weighted by Gasteiger charge is -2.60. The molecule has 5 nitrogen and oxygen atoms in total. The van der Waals surface area contributed by atoms with E-state index < -0.39 is 17.7 Å². The van der Waals surface area contributed by atoms with E-state index in [1.165, 1.54) is 6.42 Å². The van der Waals surface area contributed by atoms with Gasteiger partial charge in [0.15, 0.2) is 18.2 Å². The van der Waals surface area contributed by atoms with E-state index in [-0.39, 0.29) is 12.2 Å². The first kappa shape index (κ1) is 18.6. The van der Waals surface area contributed by atoms with Crippen molar-refractivity contribution in [3.8, 4) is 0 Å². The lowest BCUT2D eigenvalue weighted by molar-refractivity contribution is -0.577. The first-order chi connectivity index (χ1) is 12.0. The van der Waals surface area contributed by atoms with Crippen molar-refractivity contribution in [2.75, 3.05) is 11.9 Å². The largest absolute Gasteiger partial charge is 0.352 e. The highest BCUT2D eigenvalue weighted by atomic mass is 79.9.